The highest BCUT2D eigenvalue weighted by Crippen LogP contribution is 2.22. The second-order valence-electron chi connectivity index (χ2n) is 5.66. The van der Waals surface area contributed by atoms with E-state index in [0.717, 1.165) is 6.20 Å². The minimum atomic E-state index is -2.58. The summed E-state index contributed by atoms with van der Waals surface area (Å²) >= 11 is 1.30. The van der Waals surface area contributed by atoms with Gasteiger partial charge < -0.3 is 21.1 Å². The van der Waals surface area contributed by atoms with E-state index in [1.165, 1.54) is 23.5 Å². The number of nitrogens with one attached hydrogen (secondary N) is 2. The minimum Gasteiger partial charge on any atom is -0.390 e. The zero-order valence-corrected chi connectivity index (χ0v) is 14.8. The van der Waals surface area contributed by atoms with Crippen LogP contribution in [0.2, 0.25) is 0 Å². The molecule has 0 aromatic carbocycles. The number of nitrogens with zero attached hydrogens (tertiary/aromatic N) is 2. The number of aliphatic hydroxyl groups excluding tert-OH is 1. The summed E-state index contributed by atoms with van der Waals surface area (Å²) in [6.45, 7) is -0.0343. The molecule has 0 spiro atoms. The zero-order chi connectivity index (χ0) is 19.4. The lowest BCUT2D eigenvalue weighted by Gasteiger charge is -2.13. The largest absolute Gasteiger partial charge is 0.390 e. The van der Waals surface area contributed by atoms with E-state index in [1.807, 2.05) is 0 Å². The molecule has 10 heteroatoms. The number of halogens is 2. The van der Waals surface area contributed by atoms with Crippen molar-refractivity contribution in [3.8, 4) is 11.4 Å². The standard InChI is InChI=1S/C17H17F2N5O2S/c18-15(19)9-1-2-11(21-6-9)12-3-4-13(23-12)16(26)24-14(5-20)17-22-10(7-25)8-27-17/h1-4,6,8,14-15,23,25H,5,7,20H2,(H,24,26). The van der Waals surface area contributed by atoms with Crippen LogP contribution in [0.25, 0.3) is 11.4 Å². The van der Waals surface area contributed by atoms with Crippen LogP contribution in [0.3, 0.4) is 0 Å². The van der Waals surface area contributed by atoms with Crippen LogP contribution in [-0.4, -0.2) is 32.5 Å². The van der Waals surface area contributed by atoms with E-state index in [2.05, 4.69) is 20.3 Å². The van der Waals surface area contributed by atoms with E-state index >= 15 is 0 Å². The maximum atomic E-state index is 12.6. The van der Waals surface area contributed by atoms with Crippen molar-refractivity contribution in [2.75, 3.05) is 6.54 Å². The number of amides is 1. The first kappa shape index (κ1) is 19.1. The molecule has 1 unspecified atom stereocenters. The van der Waals surface area contributed by atoms with Gasteiger partial charge in [-0.2, -0.15) is 0 Å². The van der Waals surface area contributed by atoms with Gasteiger partial charge >= 0.3 is 0 Å². The van der Waals surface area contributed by atoms with Crippen LogP contribution in [0, 0.1) is 0 Å². The third-order valence-electron chi connectivity index (χ3n) is 3.82. The molecule has 27 heavy (non-hydrogen) atoms. The molecule has 0 radical (unpaired) electrons. The summed E-state index contributed by atoms with van der Waals surface area (Å²) in [5.74, 6) is -0.387. The quantitative estimate of drug-likeness (QED) is 0.492. The van der Waals surface area contributed by atoms with E-state index in [0.29, 0.717) is 22.1 Å². The Bertz CT molecular complexity index is 910. The lowest BCUT2D eigenvalue weighted by molar-refractivity contribution is 0.0933. The summed E-state index contributed by atoms with van der Waals surface area (Å²) in [5.41, 5.74) is 7.33. The maximum Gasteiger partial charge on any atom is 0.268 e. The van der Waals surface area contributed by atoms with Crippen LogP contribution in [-0.2, 0) is 6.61 Å². The van der Waals surface area contributed by atoms with Crippen LogP contribution in [0.4, 0.5) is 8.78 Å². The molecule has 3 heterocycles. The van der Waals surface area contributed by atoms with Gasteiger partial charge in [0.15, 0.2) is 0 Å². The number of rotatable bonds is 7. The Kier molecular flexibility index (Phi) is 5.89. The first-order chi connectivity index (χ1) is 13.0. The van der Waals surface area contributed by atoms with Gasteiger partial charge in [0.25, 0.3) is 12.3 Å². The fourth-order valence-electron chi connectivity index (χ4n) is 2.38. The Morgan fingerprint density at radius 2 is 2.15 bits per heavy atom. The first-order valence-electron chi connectivity index (χ1n) is 8.01. The number of aromatic amines is 1. The molecule has 0 saturated heterocycles. The molecule has 0 fully saturated rings. The molecule has 3 aromatic heterocycles. The second kappa shape index (κ2) is 8.33. The second-order valence-corrected chi connectivity index (χ2v) is 6.55. The van der Waals surface area contributed by atoms with E-state index in [-0.39, 0.29) is 30.3 Å². The number of aromatic nitrogens is 3. The number of nitrogens with two attached hydrogens (primary N) is 1. The van der Waals surface area contributed by atoms with Crippen LogP contribution < -0.4 is 11.1 Å². The number of hydrogen-bond donors (Lipinski definition) is 4. The summed E-state index contributed by atoms with van der Waals surface area (Å²) in [6, 6.07) is 5.48. The van der Waals surface area contributed by atoms with Crippen LogP contribution in [0.5, 0.6) is 0 Å². The van der Waals surface area contributed by atoms with Crippen LogP contribution in [0.1, 0.15) is 39.2 Å². The lowest BCUT2D eigenvalue weighted by Crippen LogP contribution is -2.33. The highest BCUT2D eigenvalue weighted by atomic mass is 32.1. The molecule has 3 aromatic rings. The van der Waals surface area contributed by atoms with Crippen molar-refractivity contribution in [3.05, 3.63) is 57.8 Å². The summed E-state index contributed by atoms with van der Waals surface area (Å²) < 4.78 is 25.2. The Hall–Kier alpha value is -2.69. The normalized spacial score (nSPS) is 12.3. The molecule has 0 aliphatic heterocycles. The predicted molar refractivity (Wildman–Crippen MR) is 96.3 cm³/mol. The van der Waals surface area contributed by atoms with Gasteiger partial charge in [0.2, 0.25) is 0 Å². The first-order valence-corrected chi connectivity index (χ1v) is 8.89. The fraction of sp³-hybridized carbons (Fsp3) is 0.235. The predicted octanol–water partition coefficient (Wildman–Crippen LogP) is 2.39. The van der Waals surface area contributed by atoms with E-state index < -0.39 is 12.5 Å². The number of carbonyl (C=O) groups is 1. The summed E-state index contributed by atoms with van der Waals surface area (Å²) in [7, 11) is 0. The van der Waals surface area contributed by atoms with Crippen LogP contribution >= 0.6 is 11.3 Å². The molecular formula is C17H17F2N5O2S. The fourth-order valence-corrected chi connectivity index (χ4v) is 3.26. The number of H-pyrrole nitrogens is 1. The van der Waals surface area contributed by atoms with Crippen LogP contribution in [0.15, 0.2) is 35.8 Å². The molecule has 7 nitrogen and oxygen atoms in total. The SMILES string of the molecule is NCC(NC(=O)c1ccc(-c2ccc(C(F)F)cn2)[nH]1)c1nc(CO)cs1. The smallest absolute Gasteiger partial charge is 0.268 e. The van der Waals surface area contributed by atoms with Gasteiger partial charge in [-0.05, 0) is 24.3 Å². The molecule has 0 bridgehead atoms. The van der Waals surface area contributed by atoms with Gasteiger partial charge in [0, 0.05) is 23.7 Å². The van der Waals surface area contributed by atoms with Gasteiger partial charge in [-0.15, -0.1) is 11.3 Å². The van der Waals surface area contributed by atoms with E-state index in [4.69, 9.17) is 10.8 Å². The van der Waals surface area contributed by atoms with E-state index in [9.17, 15) is 13.6 Å². The van der Waals surface area contributed by atoms with Gasteiger partial charge in [-0.3, -0.25) is 9.78 Å². The van der Waals surface area contributed by atoms with Gasteiger partial charge in [-0.1, -0.05) is 0 Å². The van der Waals surface area contributed by atoms with Gasteiger partial charge in [0.05, 0.1) is 29.7 Å². The van der Waals surface area contributed by atoms with Crippen molar-refractivity contribution in [3.63, 3.8) is 0 Å². The highest BCUT2D eigenvalue weighted by molar-refractivity contribution is 7.09. The molecule has 0 aliphatic carbocycles. The third kappa shape index (κ3) is 4.35. The molecule has 0 saturated carbocycles. The Morgan fingerprint density at radius 1 is 1.33 bits per heavy atom. The molecule has 1 atom stereocenters. The number of carbonyl (C=O) groups excluding carboxylic acids is 1. The lowest BCUT2D eigenvalue weighted by atomic mass is 10.2. The summed E-state index contributed by atoms with van der Waals surface area (Å²) in [4.78, 5) is 23.6. The van der Waals surface area contributed by atoms with Crippen molar-refractivity contribution in [2.24, 2.45) is 5.73 Å². The minimum absolute atomic E-state index is 0.147. The monoisotopic (exact) mass is 393 g/mol. The number of hydrogen-bond acceptors (Lipinski definition) is 6. The number of alkyl halides is 2. The molecule has 3 rings (SSSR count). The third-order valence-corrected chi connectivity index (χ3v) is 4.82. The van der Waals surface area contributed by atoms with Crippen molar-refractivity contribution in [1.82, 2.24) is 20.3 Å². The average Bonchev–Trinajstić information content (AvgIpc) is 3.35. The average molecular weight is 393 g/mol. The summed E-state index contributed by atoms with van der Waals surface area (Å²) in [5, 5.41) is 14.2. The Morgan fingerprint density at radius 3 is 2.74 bits per heavy atom. The van der Waals surface area contributed by atoms with Crippen molar-refractivity contribution in [2.45, 2.75) is 19.1 Å². The maximum absolute atomic E-state index is 12.6. The zero-order valence-electron chi connectivity index (χ0n) is 14.0. The summed E-state index contributed by atoms with van der Waals surface area (Å²) in [6.07, 6.45) is -1.48. The van der Waals surface area contributed by atoms with Crippen molar-refractivity contribution < 1.29 is 18.7 Å². The molecule has 0 aliphatic rings. The van der Waals surface area contributed by atoms with Crippen molar-refractivity contribution >= 4 is 17.2 Å². The molecule has 5 N–H and O–H groups in total. The highest BCUT2D eigenvalue weighted by Gasteiger charge is 2.19. The Labute approximate surface area is 157 Å². The molecule has 1 amide bonds. The topological polar surface area (TPSA) is 117 Å². The molecular weight excluding hydrogens is 376 g/mol. The number of aliphatic hydroxyl groups is 1. The number of thiazole rings is 1. The molecule has 142 valence electrons. The van der Waals surface area contributed by atoms with E-state index in [1.54, 1.807) is 17.5 Å². The Balaban J connectivity index is 1.72. The van der Waals surface area contributed by atoms with Gasteiger partial charge in [-0.25, -0.2) is 13.8 Å². The van der Waals surface area contributed by atoms with Crippen molar-refractivity contribution in [1.29, 1.82) is 0 Å². The number of pyridine rings is 1. The van der Waals surface area contributed by atoms with Gasteiger partial charge in [0.1, 0.15) is 10.7 Å².